The van der Waals surface area contributed by atoms with Crippen molar-refractivity contribution >= 4 is 17.7 Å². The molecule has 1 aliphatic heterocycles. The van der Waals surface area contributed by atoms with Crippen LogP contribution in [0.15, 0.2) is 0 Å². The first-order valence-corrected chi connectivity index (χ1v) is 5.97. The van der Waals surface area contributed by atoms with Crippen molar-refractivity contribution < 1.29 is 23.9 Å². The zero-order valence-corrected chi connectivity index (χ0v) is 10.9. The van der Waals surface area contributed by atoms with Crippen LogP contribution in [0.2, 0.25) is 0 Å². The molecule has 0 aromatic rings. The maximum atomic E-state index is 11.8. The third kappa shape index (κ3) is 4.10. The van der Waals surface area contributed by atoms with Gasteiger partial charge in [0.25, 0.3) is 0 Å². The molecule has 18 heavy (non-hydrogen) atoms. The van der Waals surface area contributed by atoms with Crippen LogP contribution in [-0.2, 0) is 23.9 Å². The fourth-order valence-electron chi connectivity index (χ4n) is 1.73. The minimum atomic E-state index is -0.966. The van der Waals surface area contributed by atoms with E-state index in [4.69, 9.17) is 9.47 Å². The van der Waals surface area contributed by atoms with Crippen LogP contribution in [0, 0.1) is 5.92 Å². The molecule has 0 amide bonds. The van der Waals surface area contributed by atoms with Crippen LogP contribution < -0.4 is 5.32 Å². The first-order valence-electron chi connectivity index (χ1n) is 5.97. The van der Waals surface area contributed by atoms with Gasteiger partial charge in [0.1, 0.15) is 11.5 Å². The van der Waals surface area contributed by atoms with E-state index >= 15 is 0 Å². The lowest BCUT2D eigenvalue weighted by Crippen LogP contribution is -2.36. The standard InChI is InChI=1S/C12H19NO5/c1-4-17-10(15)5-12(2,3)18-11(16)8-6-13-7-9(8)14/h8,13H,4-7H2,1-3H3. The predicted molar refractivity (Wildman–Crippen MR) is 62.8 cm³/mol. The Hall–Kier alpha value is -1.43. The Morgan fingerprint density at radius 3 is 2.61 bits per heavy atom. The van der Waals surface area contributed by atoms with Gasteiger partial charge in [0.05, 0.1) is 19.6 Å². The molecule has 0 bridgehead atoms. The van der Waals surface area contributed by atoms with E-state index in [-0.39, 0.29) is 25.4 Å². The molecular weight excluding hydrogens is 238 g/mol. The molecule has 0 aromatic heterocycles. The molecule has 1 aliphatic rings. The van der Waals surface area contributed by atoms with Crippen LogP contribution in [0.5, 0.6) is 0 Å². The number of rotatable bonds is 5. The van der Waals surface area contributed by atoms with Crippen molar-refractivity contribution in [3.8, 4) is 0 Å². The molecule has 6 nitrogen and oxygen atoms in total. The molecule has 1 saturated heterocycles. The summed E-state index contributed by atoms with van der Waals surface area (Å²) in [7, 11) is 0. The van der Waals surface area contributed by atoms with Gasteiger partial charge in [-0.15, -0.1) is 0 Å². The van der Waals surface area contributed by atoms with Crippen molar-refractivity contribution in [1.82, 2.24) is 5.32 Å². The summed E-state index contributed by atoms with van der Waals surface area (Å²) in [5.74, 6) is -1.94. The normalized spacial score (nSPS) is 19.7. The Labute approximate surface area is 106 Å². The van der Waals surface area contributed by atoms with Crippen molar-refractivity contribution in [1.29, 1.82) is 0 Å². The van der Waals surface area contributed by atoms with Crippen LogP contribution in [0.4, 0.5) is 0 Å². The molecule has 0 aliphatic carbocycles. The third-order valence-electron chi connectivity index (χ3n) is 2.57. The second-order valence-electron chi connectivity index (χ2n) is 4.81. The lowest BCUT2D eigenvalue weighted by atomic mass is 10.0. The molecule has 1 fully saturated rings. The van der Waals surface area contributed by atoms with E-state index in [1.165, 1.54) is 0 Å². The highest BCUT2D eigenvalue weighted by Gasteiger charge is 2.36. The number of esters is 2. The number of ether oxygens (including phenoxy) is 2. The maximum absolute atomic E-state index is 11.8. The molecule has 6 heteroatoms. The molecule has 1 unspecified atom stereocenters. The fraction of sp³-hybridized carbons (Fsp3) is 0.750. The molecule has 1 heterocycles. The summed E-state index contributed by atoms with van der Waals surface area (Å²) in [5, 5.41) is 2.81. The van der Waals surface area contributed by atoms with E-state index in [1.54, 1.807) is 20.8 Å². The average Bonchev–Trinajstić information content (AvgIpc) is 2.62. The number of carbonyl (C=O) groups is 3. The summed E-state index contributed by atoms with van der Waals surface area (Å²) in [4.78, 5) is 34.5. The molecule has 0 radical (unpaired) electrons. The number of hydrogen-bond donors (Lipinski definition) is 1. The number of nitrogens with one attached hydrogen (secondary N) is 1. The van der Waals surface area contributed by atoms with E-state index in [9.17, 15) is 14.4 Å². The van der Waals surface area contributed by atoms with E-state index in [0.29, 0.717) is 6.54 Å². The lowest BCUT2D eigenvalue weighted by Gasteiger charge is -2.25. The summed E-state index contributed by atoms with van der Waals surface area (Å²) in [6.07, 6.45) is -0.0269. The van der Waals surface area contributed by atoms with Crippen LogP contribution in [0.3, 0.4) is 0 Å². The van der Waals surface area contributed by atoms with Crippen LogP contribution >= 0.6 is 0 Å². The Morgan fingerprint density at radius 2 is 2.11 bits per heavy atom. The lowest BCUT2D eigenvalue weighted by molar-refractivity contribution is -0.166. The van der Waals surface area contributed by atoms with Crippen molar-refractivity contribution in [2.45, 2.75) is 32.8 Å². The Balaban J connectivity index is 2.51. The van der Waals surface area contributed by atoms with Gasteiger partial charge in [-0.3, -0.25) is 14.4 Å². The van der Waals surface area contributed by atoms with Crippen LogP contribution in [0.25, 0.3) is 0 Å². The van der Waals surface area contributed by atoms with Gasteiger partial charge in [-0.1, -0.05) is 0 Å². The second kappa shape index (κ2) is 5.95. The summed E-state index contributed by atoms with van der Waals surface area (Å²) in [6.45, 7) is 5.72. The number of Topliss-reactive ketones (excluding diaryl/α,β-unsaturated/α-hetero) is 1. The third-order valence-corrected chi connectivity index (χ3v) is 2.57. The van der Waals surface area contributed by atoms with Gasteiger partial charge in [0.2, 0.25) is 0 Å². The second-order valence-corrected chi connectivity index (χ2v) is 4.81. The SMILES string of the molecule is CCOC(=O)CC(C)(C)OC(=O)C1CNCC1=O. The zero-order chi connectivity index (χ0) is 13.8. The highest BCUT2D eigenvalue weighted by molar-refractivity contribution is 6.02. The van der Waals surface area contributed by atoms with E-state index < -0.39 is 23.5 Å². The zero-order valence-electron chi connectivity index (χ0n) is 10.9. The summed E-state index contributed by atoms with van der Waals surface area (Å²) in [5.41, 5.74) is -0.966. The monoisotopic (exact) mass is 257 g/mol. The summed E-state index contributed by atoms with van der Waals surface area (Å²) in [6, 6.07) is 0. The Bertz CT molecular complexity index is 350. The van der Waals surface area contributed by atoms with E-state index in [0.717, 1.165) is 0 Å². The molecule has 102 valence electrons. The highest BCUT2D eigenvalue weighted by atomic mass is 16.6. The molecule has 1 atom stereocenters. The van der Waals surface area contributed by atoms with Crippen molar-refractivity contribution in [3.05, 3.63) is 0 Å². The van der Waals surface area contributed by atoms with Crippen molar-refractivity contribution in [3.63, 3.8) is 0 Å². The average molecular weight is 257 g/mol. The quantitative estimate of drug-likeness (QED) is 0.553. The smallest absolute Gasteiger partial charge is 0.318 e. The Kier molecular flexibility index (Phi) is 4.84. The van der Waals surface area contributed by atoms with Gasteiger partial charge < -0.3 is 14.8 Å². The van der Waals surface area contributed by atoms with Gasteiger partial charge >= 0.3 is 11.9 Å². The fourth-order valence-corrected chi connectivity index (χ4v) is 1.73. The maximum Gasteiger partial charge on any atom is 0.318 e. The molecule has 0 spiro atoms. The van der Waals surface area contributed by atoms with Gasteiger partial charge in [0.15, 0.2) is 5.78 Å². The molecule has 0 saturated carbocycles. The summed E-state index contributed by atoms with van der Waals surface area (Å²) < 4.78 is 10.0. The van der Waals surface area contributed by atoms with Crippen LogP contribution in [-0.4, -0.2) is 43.0 Å². The molecule has 1 N–H and O–H groups in total. The van der Waals surface area contributed by atoms with Gasteiger partial charge in [-0.2, -0.15) is 0 Å². The summed E-state index contributed by atoms with van der Waals surface area (Å²) >= 11 is 0. The first-order chi connectivity index (χ1) is 8.35. The number of ketones is 1. The topological polar surface area (TPSA) is 81.7 Å². The van der Waals surface area contributed by atoms with Gasteiger partial charge in [-0.05, 0) is 20.8 Å². The van der Waals surface area contributed by atoms with Crippen molar-refractivity contribution in [2.24, 2.45) is 5.92 Å². The van der Waals surface area contributed by atoms with Crippen LogP contribution in [0.1, 0.15) is 27.2 Å². The highest BCUT2D eigenvalue weighted by Crippen LogP contribution is 2.19. The minimum Gasteiger partial charge on any atom is -0.466 e. The van der Waals surface area contributed by atoms with E-state index in [2.05, 4.69) is 5.32 Å². The first kappa shape index (κ1) is 14.6. The minimum absolute atomic E-state index is 0.0269. The molecule has 0 aromatic carbocycles. The molecular formula is C12H19NO5. The Morgan fingerprint density at radius 1 is 1.44 bits per heavy atom. The van der Waals surface area contributed by atoms with E-state index in [1.807, 2.05) is 0 Å². The van der Waals surface area contributed by atoms with Gasteiger partial charge in [-0.25, -0.2) is 0 Å². The largest absolute Gasteiger partial charge is 0.466 e. The molecule has 1 rings (SSSR count). The van der Waals surface area contributed by atoms with Gasteiger partial charge in [0, 0.05) is 6.54 Å². The number of carbonyl (C=O) groups excluding carboxylic acids is 3. The predicted octanol–water partition coefficient (Wildman–Crippen LogP) is 0.0499. The number of hydrogen-bond acceptors (Lipinski definition) is 6. The van der Waals surface area contributed by atoms with Crippen molar-refractivity contribution in [2.75, 3.05) is 19.7 Å².